The molecule has 0 bridgehead atoms. The monoisotopic (exact) mass is 201 g/mol. The molecule has 1 aromatic heterocycles. The predicted octanol–water partition coefficient (Wildman–Crippen LogP) is 1.12. The highest BCUT2D eigenvalue weighted by atomic mass is 16.1. The lowest BCUT2D eigenvalue weighted by atomic mass is 10.1. The van der Waals surface area contributed by atoms with Crippen molar-refractivity contribution >= 4 is 11.5 Å². The van der Waals surface area contributed by atoms with Crippen molar-refractivity contribution in [1.82, 2.24) is 4.98 Å². The normalized spacial score (nSPS) is 16.2. The molecule has 0 amide bonds. The van der Waals surface area contributed by atoms with Crippen molar-refractivity contribution < 1.29 is 4.79 Å². The summed E-state index contributed by atoms with van der Waals surface area (Å²) in [4.78, 5) is 17.2. The number of nitrogens with zero attached hydrogens (tertiary/aromatic N) is 3. The molecule has 1 fully saturated rings. The summed E-state index contributed by atoms with van der Waals surface area (Å²) in [5, 5.41) is 8.91. The molecule has 15 heavy (non-hydrogen) atoms. The molecular weight excluding hydrogens is 190 g/mol. The van der Waals surface area contributed by atoms with Crippen molar-refractivity contribution in [1.29, 1.82) is 5.26 Å². The van der Waals surface area contributed by atoms with Gasteiger partial charge in [-0.25, -0.2) is 0 Å². The molecule has 4 heteroatoms. The van der Waals surface area contributed by atoms with Crippen molar-refractivity contribution in [2.24, 2.45) is 0 Å². The predicted molar refractivity (Wildman–Crippen MR) is 55.4 cm³/mol. The maximum atomic E-state index is 11.3. The van der Waals surface area contributed by atoms with E-state index in [2.05, 4.69) is 11.1 Å². The Kier molecular flexibility index (Phi) is 2.64. The summed E-state index contributed by atoms with van der Waals surface area (Å²) in [7, 11) is 0. The number of pyridine rings is 1. The van der Waals surface area contributed by atoms with Gasteiger partial charge in [0.2, 0.25) is 0 Å². The summed E-state index contributed by atoms with van der Waals surface area (Å²) in [5.41, 5.74) is 1.35. The Balaban J connectivity index is 2.29. The van der Waals surface area contributed by atoms with Gasteiger partial charge in [-0.1, -0.05) is 0 Å². The van der Waals surface area contributed by atoms with Gasteiger partial charge in [-0.05, 0) is 12.5 Å². The van der Waals surface area contributed by atoms with E-state index in [1.807, 2.05) is 4.90 Å². The van der Waals surface area contributed by atoms with Gasteiger partial charge in [0.15, 0.2) is 5.78 Å². The van der Waals surface area contributed by atoms with Crippen LogP contribution in [0.15, 0.2) is 18.5 Å². The first-order chi connectivity index (χ1) is 7.31. The Hall–Kier alpha value is -1.89. The second-order valence-electron chi connectivity index (χ2n) is 3.57. The lowest BCUT2D eigenvalue weighted by Crippen LogP contribution is -2.35. The molecule has 0 spiro atoms. The first-order valence-corrected chi connectivity index (χ1v) is 4.92. The van der Waals surface area contributed by atoms with Gasteiger partial charge in [0, 0.05) is 25.4 Å². The van der Waals surface area contributed by atoms with Gasteiger partial charge in [-0.3, -0.25) is 9.78 Å². The third-order valence-electron chi connectivity index (χ3n) is 2.51. The van der Waals surface area contributed by atoms with E-state index in [4.69, 9.17) is 5.26 Å². The maximum Gasteiger partial charge on any atom is 0.152 e. The SMILES string of the molecule is N#Cc1cnccc1N1CCCC(=O)C1. The fraction of sp³-hybridized carbons (Fsp3) is 0.364. The Labute approximate surface area is 88.1 Å². The molecule has 76 valence electrons. The average molecular weight is 201 g/mol. The zero-order valence-corrected chi connectivity index (χ0v) is 8.31. The number of anilines is 1. The van der Waals surface area contributed by atoms with Gasteiger partial charge in [0.05, 0.1) is 17.8 Å². The van der Waals surface area contributed by atoms with Gasteiger partial charge < -0.3 is 4.90 Å². The molecule has 0 atom stereocenters. The third-order valence-corrected chi connectivity index (χ3v) is 2.51. The molecule has 0 saturated carbocycles. The summed E-state index contributed by atoms with van der Waals surface area (Å²) in [6, 6.07) is 3.88. The number of Topliss-reactive ketones (excluding diaryl/α,β-unsaturated/α-hetero) is 1. The minimum absolute atomic E-state index is 0.238. The van der Waals surface area contributed by atoms with Crippen molar-refractivity contribution in [3.63, 3.8) is 0 Å². The number of carbonyl (C=O) groups is 1. The Morgan fingerprint density at radius 3 is 3.13 bits per heavy atom. The van der Waals surface area contributed by atoms with Gasteiger partial charge in [0.25, 0.3) is 0 Å². The van der Waals surface area contributed by atoms with E-state index in [1.54, 1.807) is 12.3 Å². The van der Waals surface area contributed by atoms with Crippen LogP contribution in [0.3, 0.4) is 0 Å². The molecule has 1 saturated heterocycles. The van der Waals surface area contributed by atoms with E-state index in [-0.39, 0.29) is 5.78 Å². The molecule has 1 aromatic rings. The molecule has 0 aromatic carbocycles. The maximum absolute atomic E-state index is 11.3. The number of ketones is 1. The van der Waals surface area contributed by atoms with Gasteiger partial charge in [0.1, 0.15) is 6.07 Å². The first-order valence-electron chi connectivity index (χ1n) is 4.92. The minimum Gasteiger partial charge on any atom is -0.363 e. The molecule has 0 radical (unpaired) electrons. The Morgan fingerprint density at radius 1 is 1.53 bits per heavy atom. The van der Waals surface area contributed by atoms with Crippen LogP contribution < -0.4 is 4.90 Å². The molecule has 0 aliphatic carbocycles. The van der Waals surface area contributed by atoms with Crippen LogP contribution in [0.1, 0.15) is 18.4 Å². The van der Waals surface area contributed by atoms with E-state index < -0.39 is 0 Å². The lowest BCUT2D eigenvalue weighted by Gasteiger charge is -2.28. The van der Waals surface area contributed by atoms with E-state index >= 15 is 0 Å². The number of piperidine rings is 1. The second-order valence-corrected chi connectivity index (χ2v) is 3.57. The minimum atomic E-state index is 0.238. The van der Waals surface area contributed by atoms with Crippen LogP contribution in [0.25, 0.3) is 0 Å². The summed E-state index contributed by atoms with van der Waals surface area (Å²) < 4.78 is 0. The number of nitriles is 1. The molecule has 2 rings (SSSR count). The van der Waals surface area contributed by atoms with Crippen molar-refractivity contribution in [2.45, 2.75) is 12.8 Å². The van der Waals surface area contributed by atoms with E-state index in [0.29, 0.717) is 18.5 Å². The van der Waals surface area contributed by atoms with E-state index in [9.17, 15) is 4.79 Å². The number of hydrogen-bond donors (Lipinski definition) is 0. The zero-order valence-electron chi connectivity index (χ0n) is 8.31. The molecule has 2 heterocycles. The molecule has 1 aliphatic rings. The summed E-state index contributed by atoms with van der Waals surface area (Å²) in [6.45, 7) is 1.25. The number of hydrogen-bond acceptors (Lipinski definition) is 4. The standard InChI is InChI=1S/C11H11N3O/c12-6-9-7-13-4-3-11(9)14-5-1-2-10(15)8-14/h3-4,7H,1-2,5,8H2. The van der Waals surface area contributed by atoms with Crippen molar-refractivity contribution in [3.05, 3.63) is 24.0 Å². The van der Waals surface area contributed by atoms with Crippen LogP contribution in [0.4, 0.5) is 5.69 Å². The highest BCUT2D eigenvalue weighted by molar-refractivity contribution is 5.85. The highest BCUT2D eigenvalue weighted by Crippen LogP contribution is 2.21. The summed E-state index contributed by atoms with van der Waals surface area (Å²) in [5.74, 6) is 0.238. The average Bonchev–Trinajstić information content (AvgIpc) is 2.29. The number of rotatable bonds is 1. The zero-order chi connectivity index (χ0) is 10.7. The van der Waals surface area contributed by atoms with Gasteiger partial charge in [-0.2, -0.15) is 5.26 Å². The molecular formula is C11H11N3O. The van der Waals surface area contributed by atoms with Gasteiger partial charge >= 0.3 is 0 Å². The van der Waals surface area contributed by atoms with Crippen LogP contribution >= 0.6 is 0 Å². The Morgan fingerprint density at radius 2 is 2.40 bits per heavy atom. The first kappa shape index (κ1) is 9.66. The van der Waals surface area contributed by atoms with Gasteiger partial charge in [-0.15, -0.1) is 0 Å². The van der Waals surface area contributed by atoms with Crippen LogP contribution in [-0.2, 0) is 4.79 Å². The van der Waals surface area contributed by atoms with Crippen LogP contribution in [0.2, 0.25) is 0 Å². The number of carbonyl (C=O) groups excluding carboxylic acids is 1. The van der Waals surface area contributed by atoms with E-state index in [0.717, 1.165) is 18.7 Å². The summed E-state index contributed by atoms with van der Waals surface area (Å²) >= 11 is 0. The Bertz CT molecular complexity index is 422. The van der Waals surface area contributed by atoms with E-state index in [1.165, 1.54) is 6.20 Å². The largest absolute Gasteiger partial charge is 0.363 e. The smallest absolute Gasteiger partial charge is 0.152 e. The topological polar surface area (TPSA) is 57.0 Å². The van der Waals surface area contributed by atoms with Crippen LogP contribution in [0, 0.1) is 11.3 Å². The molecule has 0 N–H and O–H groups in total. The quantitative estimate of drug-likeness (QED) is 0.683. The van der Waals surface area contributed by atoms with Crippen LogP contribution in [-0.4, -0.2) is 23.9 Å². The summed E-state index contributed by atoms with van der Waals surface area (Å²) in [6.07, 6.45) is 4.71. The lowest BCUT2D eigenvalue weighted by molar-refractivity contribution is -0.118. The number of aromatic nitrogens is 1. The fourth-order valence-corrected chi connectivity index (χ4v) is 1.79. The molecule has 1 aliphatic heterocycles. The third kappa shape index (κ3) is 1.96. The van der Waals surface area contributed by atoms with Crippen LogP contribution in [0.5, 0.6) is 0 Å². The molecule has 4 nitrogen and oxygen atoms in total. The van der Waals surface area contributed by atoms with Crippen molar-refractivity contribution in [3.8, 4) is 6.07 Å². The molecule has 0 unspecified atom stereocenters. The second kappa shape index (κ2) is 4.09. The highest BCUT2D eigenvalue weighted by Gasteiger charge is 2.19. The van der Waals surface area contributed by atoms with Crippen molar-refractivity contribution in [2.75, 3.05) is 18.0 Å². The fourth-order valence-electron chi connectivity index (χ4n) is 1.79.